The van der Waals surface area contributed by atoms with Crippen molar-refractivity contribution in [2.75, 3.05) is 0 Å². The van der Waals surface area contributed by atoms with E-state index in [2.05, 4.69) is 9.39 Å². The van der Waals surface area contributed by atoms with Crippen LogP contribution in [-0.2, 0) is 28.6 Å². The van der Waals surface area contributed by atoms with Crippen LogP contribution in [0.1, 0.15) is 51.4 Å². The Balaban J connectivity index is -0.000000735. The molecular formula is C12H24BKN2O9. The van der Waals surface area contributed by atoms with E-state index in [-0.39, 0.29) is 115 Å². The number of carboxylic acid groups (broad SMARTS) is 1. The summed E-state index contributed by atoms with van der Waals surface area (Å²) in [5, 5.41) is 26.8. The minimum atomic E-state index is -2.16. The molecular weight excluding hydrogens is 366 g/mol. The van der Waals surface area contributed by atoms with Gasteiger partial charge in [-0.2, -0.15) is 0 Å². The number of carbonyl (C=O) groups excluding carboxylic acids is 4. The molecule has 0 bridgehead atoms. The van der Waals surface area contributed by atoms with Crippen LogP contribution >= 0.6 is 0 Å². The summed E-state index contributed by atoms with van der Waals surface area (Å²) in [5.41, 5.74) is 0. The number of unbranched alkanes of at least 4 members (excludes halogenated alkanes) is 2. The summed E-state index contributed by atoms with van der Waals surface area (Å²) in [5.74, 6) is -3.48. The Kier molecular flexibility index (Phi) is 25.8. The van der Waals surface area contributed by atoms with Crippen LogP contribution in [0.3, 0.4) is 0 Å². The number of hydrogen-bond acceptors (Lipinski definition) is 11. The number of carbonyl (C=O) groups is 4. The fourth-order valence-electron chi connectivity index (χ4n) is 1.48. The monoisotopic (exact) mass is 390 g/mol. The molecule has 13 heteroatoms. The second-order valence-corrected chi connectivity index (χ2v) is 4.45. The zero-order valence-corrected chi connectivity index (χ0v) is 17.5. The fraction of sp³-hybridized carbons (Fsp3) is 0.667. The molecule has 0 atom stereocenters. The standard InChI is InChI=1S/C12H19BO9.K.2H3N/c14-9(15)5-1-2-6-10(16)21-11(17)7-3-4-8-12(18)22-13(19)20;;;/h19-20H,1-8H2,(H,14,15);;2*1H3/q;+1;;/p-1. The number of rotatable bonds is 11. The van der Waals surface area contributed by atoms with Gasteiger partial charge < -0.3 is 41.6 Å². The third-order valence-corrected chi connectivity index (χ3v) is 2.49. The topological polar surface area (TPSA) is 220 Å². The zero-order valence-electron chi connectivity index (χ0n) is 14.4. The average molecular weight is 390 g/mol. The van der Waals surface area contributed by atoms with Crippen molar-refractivity contribution in [1.82, 2.24) is 12.3 Å². The summed E-state index contributed by atoms with van der Waals surface area (Å²) >= 11 is 0. The molecule has 0 aliphatic rings. The summed E-state index contributed by atoms with van der Waals surface area (Å²) in [6.45, 7) is 0. The molecule has 25 heavy (non-hydrogen) atoms. The van der Waals surface area contributed by atoms with Gasteiger partial charge in [0.15, 0.2) is 0 Å². The van der Waals surface area contributed by atoms with E-state index in [1.165, 1.54) is 0 Å². The van der Waals surface area contributed by atoms with Gasteiger partial charge in [-0.1, -0.05) is 0 Å². The number of aliphatic carboxylic acids is 1. The van der Waals surface area contributed by atoms with Crippen molar-refractivity contribution in [3.63, 3.8) is 0 Å². The van der Waals surface area contributed by atoms with E-state index in [0.717, 1.165) is 0 Å². The van der Waals surface area contributed by atoms with Crippen molar-refractivity contribution in [1.29, 1.82) is 0 Å². The first-order valence-electron chi connectivity index (χ1n) is 6.80. The molecule has 0 spiro atoms. The van der Waals surface area contributed by atoms with Gasteiger partial charge in [0.1, 0.15) is 0 Å². The Labute approximate surface area is 188 Å². The molecule has 0 aromatic rings. The molecule has 140 valence electrons. The quantitative estimate of drug-likeness (QED) is 0.114. The number of hydrogen-bond donors (Lipinski definition) is 4. The number of carboxylic acids is 1. The Morgan fingerprint density at radius 1 is 0.760 bits per heavy atom. The van der Waals surface area contributed by atoms with Gasteiger partial charge in [0.2, 0.25) is 0 Å². The van der Waals surface area contributed by atoms with Crippen molar-refractivity contribution in [2.45, 2.75) is 51.4 Å². The molecule has 8 N–H and O–H groups in total. The van der Waals surface area contributed by atoms with Crippen LogP contribution in [0.5, 0.6) is 0 Å². The Hall–Kier alpha value is -0.379. The van der Waals surface area contributed by atoms with Gasteiger partial charge in [-0.15, -0.1) is 0 Å². The molecule has 0 saturated carbocycles. The summed E-state index contributed by atoms with van der Waals surface area (Å²) in [6.07, 6.45) is 0.717. The fourth-order valence-corrected chi connectivity index (χ4v) is 1.48. The van der Waals surface area contributed by atoms with Gasteiger partial charge in [0.25, 0.3) is 5.97 Å². The third-order valence-electron chi connectivity index (χ3n) is 2.49. The molecule has 0 aliphatic carbocycles. The first-order chi connectivity index (χ1) is 10.3. The largest absolute Gasteiger partial charge is 1.00 e. The average Bonchev–Trinajstić information content (AvgIpc) is 2.38. The van der Waals surface area contributed by atoms with Crippen molar-refractivity contribution < 1.29 is 95.1 Å². The maximum Gasteiger partial charge on any atom is 1.00 e. The maximum atomic E-state index is 11.3. The van der Waals surface area contributed by atoms with Crippen molar-refractivity contribution in [2.24, 2.45) is 0 Å². The van der Waals surface area contributed by atoms with Gasteiger partial charge in [-0.3, -0.25) is 14.4 Å². The molecule has 0 radical (unpaired) electrons. The molecule has 0 unspecified atom stereocenters. The van der Waals surface area contributed by atoms with Crippen LogP contribution in [-0.4, -0.2) is 41.2 Å². The van der Waals surface area contributed by atoms with E-state index in [1.54, 1.807) is 0 Å². The number of ether oxygens (including phenoxy) is 1. The van der Waals surface area contributed by atoms with Gasteiger partial charge in [-0.25, -0.2) is 0 Å². The molecule has 0 saturated heterocycles. The summed E-state index contributed by atoms with van der Waals surface area (Å²) in [6, 6.07) is 0. The third kappa shape index (κ3) is 23.6. The van der Waals surface area contributed by atoms with Gasteiger partial charge in [0.05, 0.1) is 0 Å². The van der Waals surface area contributed by atoms with E-state index in [9.17, 15) is 24.3 Å². The summed E-state index contributed by atoms with van der Waals surface area (Å²) in [7, 11) is -2.16. The predicted octanol–water partition coefficient (Wildman–Crippen LogP) is -4.23. The van der Waals surface area contributed by atoms with E-state index >= 15 is 0 Å². The minimum Gasteiger partial charge on any atom is -0.550 e. The van der Waals surface area contributed by atoms with Crippen LogP contribution in [0, 0.1) is 0 Å². The second-order valence-electron chi connectivity index (χ2n) is 4.45. The SMILES string of the molecule is N.N.O=C([O-])CCCCC(=O)OC(=O)CCCCC(=O)OB(O)O.[K+]. The molecule has 0 aliphatic heterocycles. The molecule has 0 aromatic carbocycles. The molecule has 0 amide bonds. The van der Waals surface area contributed by atoms with Crippen molar-refractivity contribution >= 4 is 31.2 Å². The van der Waals surface area contributed by atoms with Crippen LogP contribution in [0.15, 0.2) is 0 Å². The van der Waals surface area contributed by atoms with Crippen molar-refractivity contribution in [3.05, 3.63) is 0 Å². The van der Waals surface area contributed by atoms with Crippen LogP contribution in [0.2, 0.25) is 0 Å². The maximum absolute atomic E-state index is 11.3. The predicted molar refractivity (Wildman–Crippen MR) is 79.4 cm³/mol. The molecule has 0 aromatic heterocycles. The minimum absolute atomic E-state index is 0. The van der Waals surface area contributed by atoms with Crippen LogP contribution < -0.4 is 68.8 Å². The van der Waals surface area contributed by atoms with E-state index < -0.39 is 31.2 Å². The summed E-state index contributed by atoms with van der Waals surface area (Å²) < 4.78 is 8.54. The Bertz CT molecular complexity index is 410. The van der Waals surface area contributed by atoms with Crippen molar-refractivity contribution in [3.8, 4) is 0 Å². The van der Waals surface area contributed by atoms with Crippen LogP contribution in [0.4, 0.5) is 0 Å². The molecule has 11 nitrogen and oxygen atoms in total. The number of esters is 2. The van der Waals surface area contributed by atoms with E-state index in [1.807, 2.05) is 0 Å². The summed E-state index contributed by atoms with van der Waals surface area (Å²) in [4.78, 5) is 43.5. The van der Waals surface area contributed by atoms with Gasteiger partial charge in [-0.05, 0) is 32.1 Å². The van der Waals surface area contributed by atoms with Crippen LogP contribution in [0.25, 0.3) is 0 Å². The van der Waals surface area contributed by atoms with Gasteiger partial charge in [0, 0.05) is 25.2 Å². The normalized spacial score (nSPS) is 8.72. The molecule has 0 rings (SSSR count). The smallest absolute Gasteiger partial charge is 0.550 e. The van der Waals surface area contributed by atoms with E-state index in [0.29, 0.717) is 0 Å². The Morgan fingerprint density at radius 3 is 1.48 bits per heavy atom. The van der Waals surface area contributed by atoms with Gasteiger partial charge >= 0.3 is 70.6 Å². The molecule has 0 fully saturated rings. The van der Waals surface area contributed by atoms with E-state index in [4.69, 9.17) is 10.0 Å². The second kappa shape index (κ2) is 19.9. The first kappa shape index (κ1) is 32.3. The Morgan fingerprint density at radius 2 is 1.12 bits per heavy atom. The first-order valence-corrected chi connectivity index (χ1v) is 6.80. The zero-order chi connectivity index (χ0) is 17.0. The molecule has 0 heterocycles.